The van der Waals surface area contributed by atoms with Gasteiger partial charge in [0.25, 0.3) is 0 Å². The molecule has 22 heavy (non-hydrogen) atoms. The van der Waals surface area contributed by atoms with Crippen molar-refractivity contribution in [1.82, 2.24) is 24.9 Å². The molecule has 6 heteroatoms. The van der Waals surface area contributed by atoms with Gasteiger partial charge in [-0.05, 0) is 36.2 Å². The molecule has 2 heterocycles. The maximum atomic E-state index is 12.3. The summed E-state index contributed by atoms with van der Waals surface area (Å²) in [6.07, 6.45) is 3.54. The average Bonchev–Trinajstić information content (AvgIpc) is 2.91. The second-order valence-electron chi connectivity index (χ2n) is 5.27. The SMILES string of the molecule is Cc1cnccc1CN(C)C(=O)Cn1nc2ccccc2n1. The minimum Gasteiger partial charge on any atom is -0.340 e. The molecule has 112 valence electrons. The highest BCUT2D eigenvalue weighted by Crippen LogP contribution is 2.10. The Bertz CT molecular complexity index is 778. The Kier molecular flexibility index (Phi) is 3.82. The van der Waals surface area contributed by atoms with Crippen LogP contribution in [0.15, 0.2) is 42.7 Å². The molecule has 6 nitrogen and oxygen atoms in total. The third-order valence-electron chi connectivity index (χ3n) is 3.57. The molecule has 0 fully saturated rings. The summed E-state index contributed by atoms with van der Waals surface area (Å²) in [5, 5.41) is 8.62. The lowest BCUT2D eigenvalue weighted by Gasteiger charge is -2.17. The van der Waals surface area contributed by atoms with E-state index >= 15 is 0 Å². The van der Waals surface area contributed by atoms with Gasteiger partial charge in [0.2, 0.25) is 5.91 Å². The minimum atomic E-state index is -0.0310. The van der Waals surface area contributed by atoms with Crippen molar-refractivity contribution in [3.8, 4) is 0 Å². The molecule has 3 aromatic rings. The zero-order valence-electron chi connectivity index (χ0n) is 12.6. The van der Waals surface area contributed by atoms with Crippen molar-refractivity contribution in [3.05, 3.63) is 53.9 Å². The van der Waals surface area contributed by atoms with Gasteiger partial charge in [0, 0.05) is 26.0 Å². The molecular weight excluding hydrogens is 278 g/mol. The van der Waals surface area contributed by atoms with Crippen LogP contribution >= 0.6 is 0 Å². The number of hydrogen-bond acceptors (Lipinski definition) is 4. The molecule has 2 aromatic heterocycles. The molecule has 0 N–H and O–H groups in total. The molecule has 0 bridgehead atoms. The number of carbonyl (C=O) groups excluding carboxylic acids is 1. The van der Waals surface area contributed by atoms with Gasteiger partial charge in [0.1, 0.15) is 17.6 Å². The van der Waals surface area contributed by atoms with Gasteiger partial charge in [-0.15, -0.1) is 0 Å². The van der Waals surface area contributed by atoms with E-state index < -0.39 is 0 Å². The van der Waals surface area contributed by atoms with Crippen LogP contribution in [0.4, 0.5) is 0 Å². The number of carbonyl (C=O) groups is 1. The van der Waals surface area contributed by atoms with Gasteiger partial charge >= 0.3 is 0 Å². The Labute approximate surface area is 128 Å². The molecular formula is C16H17N5O. The lowest BCUT2D eigenvalue weighted by atomic mass is 10.1. The van der Waals surface area contributed by atoms with E-state index in [0.29, 0.717) is 6.54 Å². The van der Waals surface area contributed by atoms with Crippen LogP contribution in [0.1, 0.15) is 11.1 Å². The Morgan fingerprint density at radius 3 is 2.50 bits per heavy atom. The predicted molar refractivity (Wildman–Crippen MR) is 83.0 cm³/mol. The zero-order valence-corrected chi connectivity index (χ0v) is 12.6. The highest BCUT2D eigenvalue weighted by Gasteiger charge is 2.13. The van der Waals surface area contributed by atoms with Crippen LogP contribution in [0.25, 0.3) is 11.0 Å². The van der Waals surface area contributed by atoms with Gasteiger partial charge in [-0.25, -0.2) is 0 Å². The van der Waals surface area contributed by atoms with E-state index in [9.17, 15) is 4.79 Å². The fourth-order valence-corrected chi connectivity index (χ4v) is 2.24. The molecule has 0 atom stereocenters. The smallest absolute Gasteiger partial charge is 0.246 e. The zero-order chi connectivity index (χ0) is 15.5. The van der Waals surface area contributed by atoms with E-state index in [0.717, 1.165) is 22.2 Å². The fraction of sp³-hybridized carbons (Fsp3) is 0.250. The largest absolute Gasteiger partial charge is 0.340 e. The molecule has 0 radical (unpaired) electrons. The van der Waals surface area contributed by atoms with Crippen LogP contribution in [0, 0.1) is 6.92 Å². The average molecular weight is 295 g/mol. The number of hydrogen-bond donors (Lipinski definition) is 0. The maximum absolute atomic E-state index is 12.3. The third-order valence-corrected chi connectivity index (χ3v) is 3.57. The topological polar surface area (TPSA) is 63.9 Å². The van der Waals surface area contributed by atoms with Crippen LogP contribution in [0.3, 0.4) is 0 Å². The first-order chi connectivity index (χ1) is 10.6. The lowest BCUT2D eigenvalue weighted by Crippen LogP contribution is -2.30. The van der Waals surface area contributed by atoms with Crippen molar-refractivity contribution in [2.24, 2.45) is 0 Å². The summed E-state index contributed by atoms with van der Waals surface area (Å²) < 4.78 is 0. The van der Waals surface area contributed by atoms with Crippen molar-refractivity contribution in [3.63, 3.8) is 0 Å². The second-order valence-corrected chi connectivity index (χ2v) is 5.27. The summed E-state index contributed by atoms with van der Waals surface area (Å²) >= 11 is 0. The molecule has 0 aliphatic carbocycles. The molecule has 3 rings (SSSR count). The van der Waals surface area contributed by atoms with Gasteiger partial charge < -0.3 is 4.90 Å². The van der Waals surface area contributed by atoms with E-state index in [2.05, 4.69) is 15.2 Å². The molecule has 1 amide bonds. The highest BCUT2D eigenvalue weighted by atomic mass is 16.2. The summed E-state index contributed by atoms with van der Waals surface area (Å²) in [7, 11) is 1.78. The monoisotopic (exact) mass is 295 g/mol. The molecule has 0 saturated carbocycles. The summed E-state index contributed by atoms with van der Waals surface area (Å²) in [6.45, 7) is 2.67. The standard InChI is InChI=1S/C16H17N5O/c1-12-9-17-8-7-13(12)10-20(2)16(22)11-21-18-14-5-3-4-6-15(14)19-21/h3-9H,10-11H2,1-2H3. The van der Waals surface area contributed by atoms with Gasteiger partial charge in [-0.1, -0.05) is 12.1 Å². The Morgan fingerprint density at radius 2 is 1.86 bits per heavy atom. The van der Waals surface area contributed by atoms with Gasteiger partial charge in [0.15, 0.2) is 0 Å². The number of nitrogens with zero attached hydrogens (tertiary/aromatic N) is 5. The summed E-state index contributed by atoms with van der Waals surface area (Å²) in [5.74, 6) is -0.0310. The Balaban J connectivity index is 1.69. The number of amides is 1. The first-order valence-electron chi connectivity index (χ1n) is 7.07. The molecule has 0 aliphatic heterocycles. The number of aromatic nitrogens is 4. The first kappa shape index (κ1) is 14.2. The number of pyridine rings is 1. The van der Waals surface area contributed by atoms with E-state index in [1.165, 1.54) is 4.80 Å². The van der Waals surface area contributed by atoms with Crippen molar-refractivity contribution >= 4 is 16.9 Å². The van der Waals surface area contributed by atoms with Crippen LogP contribution in [-0.4, -0.2) is 37.8 Å². The van der Waals surface area contributed by atoms with E-state index in [1.54, 1.807) is 24.3 Å². The van der Waals surface area contributed by atoms with Gasteiger partial charge in [-0.2, -0.15) is 15.0 Å². The van der Waals surface area contributed by atoms with Crippen LogP contribution in [0.5, 0.6) is 0 Å². The highest BCUT2D eigenvalue weighted by molar-refractivity contribution is 5.77. The number of fused-ring (bicyclic) bond motifs is 1. The number of rotatable bonds is 4. The van der Waals surface area contributed by atoms with Crippen LogP contribution < -0.4 is 0 Å². The summed E-state index contributed by atoms with van der Waals surface area (Å²) in [6, 6.07) is 9.50. The number of benzene rings is 1. The molecule has 1 aromatic carbocycles. The fourth-order valence-electron chi connectivity index (χ4n) is 2.24. The third kappa shape index (κ3) is 2.95. The Morgan fingerprint density at radius 1 is 1.18 bits per heavy atom. The van der Waals surface area contributed by atoms with Crippen molar-refractivity contribution in [2.45, 2.75) is 20.0 Å². The summed E-state index contributed by atoms with van der Waals surface area (Å²) in [5.41, 5.74) is 3.75. The van der Waals surface area contributed by atoms with Crippen molar-refractivity contribution < 1.29 is 4.79 Å². The maximum Gasteiger partial charge on any atom is 0.246 e. The normalized spacial score (nSPS) is 10.8. The molecule has 0 unspecified atom stereocenters. The predicted octanol–water partition coefficient (Wildman–Crippen LogP) is 1.79. The van der Waals surface area contributed by atoms with Crippen LogP contribution in [0.2, 0.25) is 0 Å². The number of aryl methyl sites for hydroxylation is 1. The molecule has 0 saturated heterocycles. The second kappa shape index (κ2) is 5.93. The van der Waals surface area contributed by atoms with Gasteiger partial charge in [-0.3, -0.25) is 9.78 Å². The summed E-state index contributed by atoms with van der Waals surface area (Å²) in [4.78, 5) is 19.5. The first-order valence-corrected chi connectivity index (χ1v) is 7.07. The van der Waals surface area contributed by atoms with Gasteiger partial charge in [0.05, 0.1) is 0 Å². The molecule has 0 aliphatic rings. The van der Waals surface area contributed by atoms with E-state index in [4.69, 9.17) is 0 Å². The van der Waals surface area contributed by atoms with Crippen molar-refractivity contribution in [2.75, 3.05) is 7.05 Å². The minimum absolute atomic E-state index is 0.0310. The van der Waals surface area contributed by atoms with E-state index in [1.807, 2.05) is 37.3 Å². The van der Waals surface area contributed by atoms with E-state index in [-0.39, 0.29) is 12.5 Å². The van der Waals surface area contributed by atoms with Crippen LogP contribution in [-0.2, 0) is 17.9 Å². The van der Waals surface area contributed by atoms with Crippen molar-refractivity contribution in [1.29, 1.82) is 0 Å². The quantitative estimate of drug-likeness (QED) is 0.736. The lowest BCUT2D eigenvalue weighted by molar-refractivity contribution is -0.131. The Hall–Kier alpha value is -2.76. The number of likely N-dealkylation sites (N-methyl/N-ethyl adjacent to an activating group) is 1. The molecule has 0 spiro atoms.